The number of carbonyl (C=O) groups excluding carboxylic acids is 1. The van der Waals surface area contributed by atoms with E-state index >= 15 is 0 Å². The standard InChI is InChI=1S/C16H28N4O2/c1-12-8-13(18-10-14-9-17-11-19(14)5)6-7-20(12)15(21)22-16(2,3)4/h9,11-13,18H,6-8,10H2,1-5H3. The summed E-state index contributed by atoms with van der Waals surface area (Å²) in [4.78, 5) is 18.2. The first-order chi connectivity index (χ1) is 10.3. The molecule has 1 aromatic heterocycles. The minimum absolute atomic E-state index is 0.188. The maximum Gasteiger partial charge on any atom is 0.410 e. The SMILES string of the molecule is CC1CC(NCc2cncn2C)CCN1C(=O)OC(C)(C)C. The van der Waals surface area contributed by atoms with Crippen molar-refractivity contribution < 1.29 is 9.53 Å². The molecule has 1 saturated heterocycles. The Morgan fingerprint density at radius 2 is 2.23 bits per heavy atom. The van der Waals surface area contributed by atoms with Crippen LogP contribution in [0.2, 0.25) is 0 Å². The topological polar surface area (TPSA) is 59.4 Å². The van der Waals surface area contributed by atoms with Crippen LogP contribution in [0.25, 0.3) is 0 Å². The fourth-order valence-corrected chi connectivity index (χ4v) is 2.75. The number of carbonyl (C=O) groups is 1. The first-order valence-corrected chi connectivity index (χ1v) is 7.94. The van der Waals surface area contributed by atoms with E-state index in [1.165, 1.54) is 5.69 Å². The highest BCUT2D eigenvalue weighted by Crippen LogP contribution is 2.20. The van der Waals surface area contributed by atoms with Crippen molar-refractivity contribution >= 4 is 6.09 Å². The molecule has 0 saturated carbocycles. The van der Waals surface area contributed by atoms with Gasteiger partial charge in [-0.05, 0) is 40.5 Å². The summed E-state index contributed by atoms with van der Waals surface area (Å²) >= 11 is 0. The molecular formula is C16H28N4O2. The van der Waals surface area contributed by atoms with Crippen molar-refractivity contribution in [1.82, 2.24) is 19.8 Å². The highest BCUT2D eigenvalue weighted by atomic mass is 16.6. The summed E-state index contributed by atoms with van der Waals surface area (Å²) < 4.78 is 7.49. The fourth-order valence-electron chi connectivity index (χ4n) is 2.75. The van der Waals surface area contributed by atoms with Crippen molar-refractivity contribution in [2.24, 2.45) is 7.05 Å². The number of likely N-dealkylation sites (tertiary alicyclic amines) is 1. The lowest BCUT2D eigenvalue weighted by molar-refractivity contribution is 0.00931. The second kappa shape index (κ2) is 6.69. The highest BCUT2D eigenvalue weighted by molar-refractivity contribution is 5.68. The van der Waals surface area contributed by atoms with Crippen LogP contribution in [-0.2, 0) is 18.3 Å². The number of amides is 1. The largest absolute Gasteiger partial charge is 0.444 e. The van der Waals surface area contributed by atoms with Gasteiger partial charge in [-0.15, -0.1) is 0 Å². The number of piperidine rings is 1. The minimum Gasteiger partial charge on any atom is -0.444 e. The Labute approximate surface area is 132 Å². The number of aryl methyl sites for hydroxylation is 1. The zero-order chi connectivity index (χ0) is 16.3. The number of hydrogen-bond acceptors (Lipinski definition) is 4. The molecule has 2 unspecified atom stereocenters. The molecule has 22 heavy (non-hydrogen) atoms. The number of nitrogens with one attached hydrogen (secondary N) is 1. The molecule has 1 aliphatic heterocycles. The molecule has 124 valence electrons. The van der Waals surface area contributed by atoms with E-state index in [0.717, 1.165) is 25.9 Å². The van der Waals surface area contributed by atoms with Crippen molar-refractivity contribution in [3.8, 4) is 0 Å². The summed E-state index contributed by atoms with van der Waals surface area (Å²) in [6.45, 7) is 9.33. The molecule has 2 atom stereocenters. The average Bonchev–Trinajstić information content (AvgIpc) is 2.80. The van der Waals surface area contributed by atoms with Crippen LogP contribution in [0.15, 0.2) is 12.5 Å². The zero-order valence-corrected chi connectivity index (χ0v) is 14.3. The van der Waals surface area contributed by atoms with Crippen molar-refractivity contribution in [2.75, 3.05) is 6.54 Å². The summed E-state index contributed by atoms with van der Waals surface area (Å²) in [6.07, 6.45) is 5.38. The molecule has 1 aromatic rings. The third kappa shape index (κ3) is 4.47. The van der Waals surface area contributed by atoms with Gasteiger partial charge < -0.3 is 19.5 Å². The third-order valence-corrected chi connectivity index (χ3v) is 3.99. The van der Waals surface area contributed by atoms with Crippen LogP contribution in [0.4, 0.5) is 4.79 Å². The van der Waals surface area contributed by atoms with Gasteiger partial charge in [-0.25, -0.2) is 9.78 Å². The van der Waals surface area contributed by atoms with Crippen LogP contribution < -0.4 is 5.32 Å². The van der Waals surface area contributed by atoms with Crippen molar-refractivity contribution in [2.45, 2.75) is 64.8 Å². The monoisotopic (exact) mass is 308 g/mol. The number of imidazole rings is 1. The van der Waals surface area contributed by atoms with Crippen LogP contribution in [0.3, 0.4) is 0 Å². The molecular weight excluding hydrogens is 280 g/mol. The van der Waals surface area contributed by atoms with Crippen LogP contribution in [0.1, 0.15) is 46.2 Å². The van der Waals surface area contributed by atoms with Gasteiger partial charge in [-0.2, -0.15) is 0 Å². The maximum absolute atomic E-state index is 12.2. The molecule has 1 N–H and O–H groups in total. The molecule has 0 aromatic carbocycles. The van der Waals surface area contributed by atoms with Gasteiger partial charge in [0, 0.05) is 38.4 Å². The second-order valence-corrected chi connectivity index (χ2v) is 7.12. The van der Waals surface area contributed by atoms with Gasteiger partial charge in [-0.1, -0.05) is 0 Å². The Hall–Kier alpha value is -1.56. The fraction of sp³-hybridized carbons (Fsp3) is 0.750. The predicted molar refractivity (Wildman–Crippen MR) is 85.5 cm³/mol. The van der Waals surface area contributed by atoms with E-state index < -0.39 is 5.60 Å². The Morgan fingerprint density at radius 3 is 2.77 bits per heavy atom. The van der Waals surface area contributed by atoms with E-state index in [2.05, 4.69) is 17.2 Å². The van der Waals surface area contributed by atoms with E-state index in [0.29, 0.717) is 6.04 Å². The van der Waals surface area contributed by atoms with E-state index in [-0.39, 0.29) is 12.1 Å². The third-order valence-electron chi connectivity index (χ3n) is 3.99. The molecule has 1 fully saturated rings. The Bertz CT molecular complexity index is 506. The molecule has 0 aliphatic carbocycles. The smallest absolute Gasteiger partial charge is 0.410 e. The number of aromatic nitrogens is 2. The van der Waals surface area contributed by atoms with Gasteiger partial charge in [-0.3, -0.25) is 0 Å². The van der Waals surface area contributed by atoms with Crippen LogP contribution >= 0.6 is 0 Å². The number of rotatable bonds is 3. The molecule has 0 radical (unpaired) electrons. The summed E-state index contributed by atoms with van der Waals surface area (Å²) in [7, 11) is 2.00. The maximum atomic E-state index is 12.2. The lowest BCUT2D eigenvalue weighted by atomic mass is 9.98. The van der Waals surface area contributed by atoms with Crippen molar-refractivity contribution in [3.05, 3.63) is 18.2 Å². The summed E-state index contributed by atoms with van der Waals surface area (Å²) in [5.41, 5.74) is 0.730. The summed E-state index contributed by atoms with van der Waals surface area (Å²) in [5, 5.41) is 3.56. The quantitative estimate of drug-likeness (QED) is 0.931. The molecule has 2 heterocycles. The summed E-state index contributed by atoms with van der Waals surface area (Å²) in [5.74, 6) is 0. The van der Waals surface area contributed by atoms with Gasteiger partial charge in [0.25, 0.3) is 0 Å². The molecule has 2 rings (SSSR count). The lowest BCUT2D eigenvalue weighted by Gasteiger charge is -2.38. The van der Waals surface area contributed by atoms with Crippen molar-refractivity contribution in [3.63, 3.8) is 0 Å². The second-order valence-electron chi connectivity index (χ2n) is 7.12. The normalized spacial score (nSPS) is 22.7. The average molecular weight is 308 g/mol. The van der Waals surface area contributed by atoms with Gasteiger partial charge >= 0.3 is 6.09 Å². The molecule has 0 bridgehead atoms. The molecule has 1 aliphatic rings. The van der Waals surface area contributed by atoms with Gasteiger partial charge in [0.05, 0.1) is 12.0 Å². The van der Waals surface area contributed by atoms with E-state index in [4.69, 9.17) is 4.74 Å². The van der Waals surface area contributed by atoms with Gasteiger partial charge in [0.2, 0.25) is 0 Å². The van der Waals surface area contributed by atoms with Crippen molar-refractivity contribution in [1.29, 1.82) is 0 Å². The predicted octanol–water partition coefficient (Wildman–Crippen LogP) is 2.30. The van der Waals surface area contributed by atoms with Crippen LogP contribution in [-0.4, -0.2) is 44.8 Å². The van der Waals surface area contributed by atoms with Crippen LogP contribution in [0, 0.1) is 0 Å². The Kier molecular flexibility index (Phi) is 5.11. The van der Waals surface area contributed by atoms with E-state index in [1.807, 2.05) is 49.8 Å². The van der Waals surface area contributed by atoms with E-state index in [1.54, 1.807) is 0 Å². The first kappa shape index (κ1) is 16.8. The first-order valence-electron chi connectivity index (χ1n) is 7.94. The Balaban J connectivity index is 1.82. The number of hydrogen-bond donors (Lipinski definition) is 1. The van der Waals surface area contributed by atoms with Gasteiger partial charge in [0.15, 0.2) is 0 Å². The highest BCUT2D eigenvalue weighted by Gasteiger charge is 2.31. The molecule has 6 heteroatoms. The number of nitrogens with zero attached hydrogens (tertiary/aromatic N) is 3. The number of ether oxygens (including phenoxy) is 1. The molecule has 1 amide bonds. The lowest BCUT2D eigenvalue weighted by Crippen LogP contribution is -2.51. The summed E-state index contributed by atoms with van der Waals surface area (Å²) in [6, 6.07) is 0.608. The molecule has 0 spiro atoms. The van der Waals surface area contributed by atoms with Gasteiger partial charge in [0.1, 0.15) is 5.60 Å². The van der Waals surface area contributed by atoms with E-state index in [9.17, 15) is 4.79 Å². The minimum atomic E-state index is -0.439. The van der Waals surface area contributed by atoms with Crippen LogP contribution in [0.5, 0.6) is 0 Å². The Morgan fingerprint density at radius 1 is 1.50 bits per heavy atom. The molecule has 6 nitrogen and oxygen atoms in total. The zero-order valence-electron chi connectivity index (χ0n) is 14.3.